The van der Waals surface area contributed by atoms with Crippen LogP contribution in [0.1, 0.15) is 41.5 Å². The molecule has 0 N–H and O–H groups in total. The van der Waals surface area contributed by atoms with Crippen LogP contribution in [0.2, 0.25) is 0 Å². The van der Waals surface area contributed by atoms with Crippen molar-refractivity contribution in [2.24, 2.45) is 0 Å². The summed E-state index contributed by atoms with van der Waals surface area (Å²) in [6.45, 7) is 6.70. The molecular weight excluding hydrogens is 354 g/mol. The number of aryl methyl sites for hydroxylation is 1. The van der Waals surface area contributed by atoms with E-state index in [4.69, 9.17) is 4.74 Å². The van der Waals surface area contributed by atoms with E-state index in [-0.39, 0.29) is 10.8 Å². The molecule has 1 aliphatic heterocycles. The van der Waals surface area contributed by atoms with Crippen molar-refractivity contribution in [1.82, 2.24) is 14.1 Å². The van der Waals surface area contributed by atoms with E-state index in [1.165, 1.54) is 8.99 Å². The Balaban J connectivity index is 1.95. The molecule has 8 heteroatoms. The molecular formula is C18H23N3O4S. The number of carbonyl (C=O) groups is 1. The molecule has 1 aliphatic rings. The molecule has 0 saturated carbocycles. The topological polar surface area (TPSA) is 81.5 Å². The number of hydrogen-bond acceptors (Lipinski definition) is 5. The lowest BCUT2D eigenvalue weighted by molar-refractivity contribution is 0.0942. The Bertz CT molecular complexity index is 911. The van der Waals surface area contributed by atoms with Crippen molar-refractivity contribution in [3.05, 3.63) is 41.2 Å². The minimum atomic E-state index is -3.63. The summed E-state index contributed by atoms with van der Waals surface area (Å²) in [7, 11) is -3.63. The van der Waals surface area contributed by atoms with E-state index in [1.54, 1.807) is 38.1 Å². The SMILES string of the molecule is CCOc1ccc(C(=O)n2nc(C)c(S(=O)(=O)N3CCCC3)c2C)cc1. The van der Waals surface area contributed by atoms with E-state index in [0.717, 1.165) is 12.8 Å². The second kappa shape index (κ2) is 7.20. The van der Waals surface area contributed by atoms with Crippen LogP contribution in [0, 0.1) is 13.8 Å². The maximum absolute atomic E-state index is 12.9. The Morgan fingerprint density at radius 1 is 1.15 bits per heavy atom. The van der Waals surface area contributed by atoms with Gasteiger partial charge in [0.05, 0.1) is 18.0 Å². The molecule has 0 radical (unpaired) electrons. The van der Waals surface area contributed by atoms with E-state index >= 15 is 0 Å². The largest absolute Gasteiger partial charge is 0.494 e. The lowest BCUT2D eigenvalue weighted by Crippen LogP contribution is -2.29. The minimum absolute atomic E-state index is 0.138. The van der Waals surface area contributed by atoms with Crippen LogP contribution in [-0.2, 0) is 10.0 Å². The summed E-state index contributed by atoms with van der Waals surface area (Å²) in [6, 6.07) is 6.73. The van der Waals surface area contributed by atoms with Crippen molar-refractivity contribution in [3.8, 4) is 5.75 Å². The molecule has 1 fully saturated rings. The molecule has 26 heavy (non-hydrogen) atoms. The van der Waals surface area contributed by atoms with Crippen LogP contribution in [-0.4, -0.2) is 48.1 Å². The molecule has 0 unspecified atom stereocenters. The maximum Gasteiger partial charge on any atom is 0.278 e. The van der Waals surface area contributed by atoms with Gasteiger partial charge in [-0.2, -0.15) is 14.1 Å². The van der Waals surface area contributed by atoms with Gasteiger partial charge in [0.15, 0.2) is 0 Å². The Morgan fingerprint density at radius 3 is 2.35 bits per heavy atom. The summed E-state index contributed by atoms with van der Waals surface area (Å²) in [6.07, 6.45) is 1.72. The fourth-order valence-electron chi connectivity index (χ4n) is 3.24. The predicted octanol–water partition coefficient (Wildman–Crippen LogP) is 2.37. The molecule has 0 amide bonds. The highest BCUT2D eigenvalue weighted by Gasteiger charge is 2.33. The van der Waals surface area contributed by atoms with E-state index in [9.17, 15) is 13.2 Å². The first-order chi connectivity index (χ1) is 12.4. The van der Waals surface area contributed by atoms with Crippen LogP contribution < -0.4 is 4.74 Å². The highest BCUT2D eigenvalue weighted by Crippen LogP contribution is 2.27. The molecule has 0 atom stereocenters. The normalized spacial score (nSPS) is 15.3. The summed E-state index contributed by atoms with van der Waals surface area (Å²) >= 11 is 0. The summed E-state index contributed by atoms with van der Waals surface area (Å²) in [5, 5.41) is 4.21. The second-order valence-corrected chi connectivity index (χ2v) is 8.16. The van der Waals surface area contributed by atoms with Crippen LogP contribution in [0.5, 0.6) is 5.75 Å². The smallest absolute Gasteiger partial charge is 0.278 e. The third-order valence-corrected chi connectivity index (χ3v) is 6.64. The number of ether oxygens (including phenoxy) is 1. The van der Waals surface area contributed by atoms with Gasteiger partial charge in [-0.3, -0.25) is 4.79 Å². The number of sulfonamides is 1. The lowest BCUT2D eigenvalue weighted by atomic mass is 10.2. The molecule has 0 spiro atoms. The zero-order chi connectivity index (χ0) is 18.9. The van der Waals surface area contributed by atoms with Gasteiger partial charge in [-0.25, -0.2) is 8.42 Å². The Morgan fingerprint density at radius 2 is 1.77 bits per heavy atom. The molecule has 3 rings (SSSR count). The monoisotopic (exact) mass is 377 g/mol. The third-order valence-electron chi connectivity index (χ3n) is 4.49. The van der Waals surface area contributed by atoms with Crippen molar-refractivity contribution >= 4 is 15.9 Å². The molecule has 2 aromatic rings. The van der Waals surface area contributed by atoms with Crippen LogP contribution in [0.15, 0.2) is 29.2 Å². The highest BCUT2D eigenvalue weighted by molar-refractivity contribution is 7.89. The molecule has 0 bridgehead atoms. The van der Waals surface area contributed by atoms with Crippen molar-refractivity contribution < 1.29 is 17.9 Å². The Kier molecular flexibility index (Phi) is 5.15. The Hall–Kier alpha value is -2.19. The number of nitrogens with zero attached hydrogens (tertiary/aromatic N) is 3. The van der Waals surface area contributed by atoms with Crippen molar-refractivity contribution in [2.75, 3.05) is 19.7 Å². The second-order valence-electron chi connectivity index (χ2n) is 6.29. The number of rotatable bonds is 5. The molecule has 1 saturated heterocycles. The van der Waals surface area contributed by atoms with Gasteiger partial charge in [0.25, 0.3) is 5.91 Å². The highest BCUT2D eigenvalue weighted by atomic mass is 32.2. The van der Waals surface area contributed by atoms with Crippen LogP contribution in [0.25, 0.3) is 0 Å². The zero-order valence-corrected chi connectivity index (χ0v) is 16.0. The molecule has 0 aliphatic carbocycles. The molecule has 1 aromatic heterocycles. The third kappa shape index (κ3) is 3.26. The standard InChI is InChI=1S/C18H23N3O4S/c1-4-25-16-9-7-15(8-10-16)18(22)21-14(3)17(13(2)19-21)26(23,24)20-11-5-6-12-20/h7-10H,4-6,11-12H2,1-3H3. The van der Waals surface area contributed by atoms with E-state index in [0.29, 0.717) is 42.4 Å². The fourth-order valence-corrected chi connectivity index (χ4v) is 5.11. The lowest BCUT2D eigenvalue weighted by Gasteiger charge is -2.15. The van der Waals surface area contributed by atoms with Crippen molar-refractivity contribution in [1.29, 1.82) is 0 Å². The van der Waals surface area contributed by atoms with Crippen molar-refractivity contribution in [3.63, 3.8) is 0 Å². The summed E-state index contributed by atoms with van der Waals surface area (Å²) in [5.74, 6) is 0.311. The van der Waals surface area contributed by atoms with Gasteiger partial charge in [-0.15, -0.1) is 0 Å². The van der Waals surface area contributed by atoms with Crippen molar-refractivity contribution in [2.45, 2.75) is 38.5 Å². The van der Waals surface area contributed by atoms with E-state index in [1.807, 2.05) is 6.92 Å². The summed E-state index contributed by atoms with van der Waals surface area (Å²) in [4.78, 5) is 12.9. The maximum atomic E-state index is 12.9. The van der Waals surface area contributed by atoms with Gasteiger partial charge in [-0.1, -0.05) is 0 Å². The number of hydrogen-bond donors (Lipinski definition) is 0. The molecule has 2 heterocycles. The average Bonchev–Trinajstić information content (AvgIpc) is 3.24. The van der Waals surface area contributed by atoms with Gasteiger partial charge in [0, 0.05) is 18.7 Å². The van der Waals surface area contributed by atoms with E-state index in [2.05, 4.69) is 5.10 Å². The first kappa shape index (κ1) is 18.6. The number of carbonyl (C=O) groups excluding carboxylic acids is 1. The molecule has 140 valence electrons. The predicted molar refractivity (Wildman–Crippen MR) is 97.0 cm³/mol. The fraction of sp³-hybridized carbons (Fsp3) is 0.444. The van der Waals surface area contributed by atoms with Crippen LogP contribution in [0.4, 0.5) is 0 Å². The van der Waals surface area contributed by atoms with E-state index < -0.39 is 10.0 Å². The Labute approximate surface area is 153 Å². The van der Waals surface area contributed by atoms with Gasteiger partial charge in [-0.05, 0) is 57.9 Å². The van der Waals surface area contributed by atoms with Gasteiger partial charge in [0.1, 0.15) is 10.6 Å². The van der Waals surface area contributed by atoms with Gasteiger partial charge in [0.2, 0.25) is 10.0 Å². The summed E-state index contributed by atoms with van der Waals surface area (Å²) < 4.78 is 33.8. The quantitative estimate of drug-likeness (QED) is 0.799. The minimum Gasteiger partial charge on any atom is -0.494 e. The van der Waals surface area contributed by atoms with Gasteiger partial charge < -0.3 is 4.74 Å². The number of aromatic nitrogens is 2. The molecule has 1 aromatic carbocycles. The number of benzene rings is 1. The zero-order valence-electron chi connectivity index (χ0n) is 15.2. The van der Waals surface area contributed by atoms with Crippen LogP contribution >= 0.6 is 0 Å². The summed E-state index contributed by atoms with van der Waals surface area (Å²) in [5.41, 5.74) is 1.10. The van der Waals surface area contributed by atoms with Crippen LogP contribution in [0.3, 0.4) is 0 Å². The first-order valence-electron chi connectivity index (χ1n) is 8.70. The average molecular weight is 377 g/mol. The molecule has 7 nitrogen and oxygen atoms in total. The van der Waals surface area contributed by atoms with Gasteiger partial charge >= 0.3 is 0 Å². The first-order valence-corrected chi connectivity index (χ1v) is 10.1.